The Balaban J connectivity index is 1.98. The van der Waals surface area contributed by atoms with Crippen molar-refractivity contribution in [1.29, 1.82) is 0 Å². The summed E-state index contributed by atoms with van der Waals surface area (Å²) in [6, 6.07) is 5.35. The summed E-state index contributed by atoms with van der Waals surface area (Å²) in [6.07, 6.45) is 2.53. The molecule has 2 rings (SSSR count). The van der Waals surface area contributed by atoms with E-state index < -0.39 is 0 Å². The van der Waals surface area contributed by atoms with E-state index in [1.165, 1.54) is 12.8 Å². The van der Waals surface area contributed by atoms with E-state index in [0.717, 1.165) is 24.7 Å². The maximum atomic E-state index is 13.3. The van der Waals surface area contributed by atoms with E-state index in [0.29, 0.717) is 4.47 Å². The molecule has 3 heteroatoms. The second kappa shape index (κ2) is 4.52. The summed E-state index contributed by atoms with van der Waals surface area (Å²) < 4.78 is 13.8. The van der Waals surface area contributed by atoms with Gasteiger partial charge in [0.05, 0.1) is 4.47 Å². The minimum absolute atomic E-state index is 0.175. The van der Waals surface area contributed by atoms with Crippen LogP contribution in [-0.4, -0.2) is 13.1 Å². The van der Waals surface area contributed by atoms with Crippen LogP contribution in [0.3, 0.4) is 0 Å². The molecule has 1 saturated heterocycles. The monoisotopic (exact) mass is 271 g/mol. The Labute approximate surface area is 98.4 Å². The first-order valence-corrected chi connectivity index (χ1v) is 6.20. The van der Waals surface area contributed by atoms with Crippen molar-refractivity contribution in [3.05, 3.63) is 28.5 Å². The minimum Gasteiger partial charge on any atom is -0.371 e. The van der Waals surface area contributed by atoms with Crippen LogP contribution in [0.1, 0.15) is 19.8 Å². The lowest BCUT2D eigenvalue weighted by Crippen LogP contribution is -2.46. The van der Waals surface area contributed by atoms with Crippen LogP contribution < -0.4 is 4.90 Å². The Morgan fingerprint density at radius 1 is 1.47 bits per heavy atom. The molecule has 0 unspecified atom stereocenters. The highest BCUT2D eigenvalue weighted by molar-refractivity contribution is 9.10. The topological polar surface area (TPSA) is 3.24 Å². The lowest BCUT2D eigenvalue weighted by molar-refractivity contribution is 0.380. The Morgan fingerprint density at radius 2 is 2.20 bits per heavy atom. The van der Waals surface area contributed by atoms with Gasteiger partial charge in [-0.25, -0.2) is 4.39 Å². The number of halogens is 2. The van der Waals surface area contributed by atoms with Crippen molar-refractivity contribution in [2.24, 2.45) is 5.92 Å². The van der Waals surface area contributed by atoms with Crippen LogP contribution in [0.5, 0.6) is 0 Å². The second-order valence-electron chi connectivity index (χ2n) is 4.16. The van der Waals surface area contributed by atoms with Gasteiger partial charge in [-0.1, -0.05) is 13.3 Å². The summed E-state index contributed by atoms with van der Waals surface area (Å²) >= 11 is 3.16. The number of hydrogen-bond donors (Lipinski definition) is 0. The van der Waals surface area contributed by atoms with Crippen LogP contribution in [0, 0.1) is 11.7 Å². The van der Waals surface area contributed by atoms with Crippen molar-refractivity contribution in [1.82, 2.24) is 0 Å². The fraction of sp³-hybridized carbons (Fsp3) is 0.500. The summed E-state index contributed by atoms with van der Waals surface area (Å²) in [5.74, 6) is 0.633. The molecule has 1 fully saturated rings. The van der Waals surface area contributed by atoms with E-state index in [2.05, 4.69) is 27.8 Å². The second-order valence-corrected chi connectivity index (χ2v) is 5.01. The Morgan fingerprint density at radius 3 is 2.80 bits per heavy atom. The highest BCUT2D eigenvalue weighted by Gasteiger charge is 2.26. The van der Waals surface area contributed by atoms with Crippen LogP contribution >= 0.6 is 15.9 Å². The number of benzene rings is 1. The lowest BCUT2D eigenvalue weighted by Gasteiger charge is -2.41. The molecule has 82 valence electrons. The molecule has 0 bridgehead atoms. The third kappa shape index (κ3) is 2.33. The predicted octanol–water partition coefficient (Wildman–Crippen LogP) is 3.82. The molecule has 0 aliphatic carbocycles. The van der Waals surface area contributed by atoms with Gasteiger partial charge in [-0.3, -0.25) is 0 Å². The van der Waals surface area contributed by atoms with Crippen molar-refractivity contribution < 1.29 is 4.39 Å². The van der Waals surface area contributed by atoms with Gasteiger partial charge in [0.1, 0.15) is 5.82 Å². The molecule has 1 aromatic rings. The number of rotatable bonds is 3. The number of hydrogen-bond acceptors (Lipinski definition) is 1. The van der Waals surface area contributed by atoms with Crippen LogP contribution in [0.25, 0.3) is 0 Å². The van der Waals surface area contributed by atoms with Crippen LogP contribution in [-0.2, 0) is 0 Å². The molecule has 0 atom stereocenters. The first-order chi connectivity index (χ1) is 7.20. The lowest BCUT2D eigenvalue weighted by atomic mass is 9.94. The molecule has 0 saturated carbocycles. The van der Waals surface area contributed by atoms with Crippen molar-refractivity contribution in [3.8, 4) is 0 Å². The minimum atomic E-state index is -0.175. The zero-order valence-electron chi connectivity index (χ0n) is 8.84. The van der Waals surface area contributed by atoms with Crippen LogP contribution in [0.15, 0.2) is 22.7 Å². The molecular formula is C12H15BrFN. The summed E-state index contributed by atoms with van der Waals surface area (Å²) in [5.41, 5.74) is 1.00. The fourth-order valence-corrected chi connectivity index (χ4v) is 2.30. The molecule has 1 aromatic carbocycles. The summed E-state index contributed by atoms with van der Waals surface area (Å²) in [7, 11) is 0. The van der Waals surface area contributed by atoms with Crippen molar-refractivity contribution in [2.45, 2.75) is 19.8 Å². The molecule has 1 nitrogen and oxygen atoms in total. The van der Waals surface area contributed by atoms with Crippen molar-refractivity contribution >= 4 is 21.6 Å². The van der Waals surface area contributed by atoms with E-state index in [4.69, 9.17) is 0 Å². The molecule has 0 N–H and O–H groups in total. The molecule has 0 amide bonds. The molecular weight excluding hydrogens is 257 g/mol. The highest BCUT2D eigenvalue weighted by Crippen LogP contribution is 2.29. The van der Waals surface area contributed by atoms with E-state index in [1.807, 2.05) is 6.07 Å². The SMILES string of the molecule is CCCC1CN(c2ccc(Br)c(F)c2)C1. The Kier molecular flexibility index (Phi) is 3.29. The first kappa shape index (κ1) is 10.9. The van der Waals surface area contributed by atoms with Gasteiger partial charge in [0.25, 0.3) is 0 Å². The Hall–Kier alpha value is -0.570. The quantitative estimate of drug-likeness (QED) is 0.808. The first-order valence-electron chi connectivity index (χ1n) is 5.40. The average Bonchev–Trinajstić information content (AvgIpc) is 2.16. The van der Waals surface area contributed by atoms with E-state index in [-0.39, 0.29) is 5.82 Å². The van der Waals surface area contributed by atoms with Gasteiger partial charge in [0, 0.05) is 18.8 Å². The number of nitrogens with zero attached hydrogens (tertiary/aromatic N) is 1. The molecule has 0 aromatic heterocycles. The highest BCUT2D eigenvalue weighted by atomic mass is 79.9. The normalized spacial score (nSPS) is 16.6. The third-order valence-corrected chi connectivity index (χ3v) is 3.57. The van der Waals surface area contributed by atoms with E-state index in [9.17, 15) is 4.39 Å². The van der Waals surface area contributed by atoms with Crippen molar-refractivity contribution in [3.63, 3.8) is 0 Å². The van der Waals surface area contributed by atoms with Gasteiger partial charge in [-0.05, 0) is 46.5 Å². The molecule has 1 aliphatic heterocycles. The molecule has 1 aliphatic rings. The molecule has 15 heavy (non-hydrogen) atoms. The zero-order chi connectivity index (χ0) is 10.8. The van der Waals surface area contributed by atoms with E-state index in [1.54, 1.807) is 12.1 Å². The molecule has 0 radical (unpaired) electrons. The Bertz CT molecular complexity index is 347. The smallest absolute Gasteiger partial charge is 0.139 e. The summed E-state index contributed by atoms with van der Waals surface area (Å²) in [6.45, 7) is 4.37. The van der Waals surface area contributed by atoms with Crippen LogP contribution in [0.4, 0.5) is 10.1 Å². The van der Waals surface area contributed by atoms with Crippen LogP contribution in [0.2, 0.25) is 0 Å². The van der Waals surface area contributed by atoms with Gasteiger partial charge in [0.2, 0.25) is 0 Å². The van der Waals surface area contributed by atoms with Gasteiger partial charge >= 0.3 is 0 Å². The fourth-order valence-electron chi connectivity index (χ4n) is 2.05. The maximum Gasteiger partial charge on any atom is 0.139 e. The van der Waals surface area contributed by atoms with Gasteiger partial charge in [0.15, 0.2) is 0 Å². The summed E-state index contributed by atoms with van der Waals surface area (Å²) in [5, 5.41) is 0. The predicted molar refractivity (Wildman–Crippen MR) is 64.7 cm³/mol. The standard InChI is InChI=1S/C12H15BrFN/c1-2-3-9-7-15(8-9)10-4-5-11(13)12(14)6-10/h4-6,9H,2-3,7-8H2,1H3. The molecule has 1 heterocycles. The molecule has 0 spiro atoms. The van der Waals surface area contributed by atoms with Gasteiger partial charge < -0.3 is 4.90 Å². The summed E-state index contributed by atoms with van der Waals surface area (Å²) in [4.78, 5) is 2.23. The average molecular weight is 272 g/mol. The maximum absolute atomic E-state index is 13.3. The van der Waals surface area contributed by atoms with Gasteiger partial charge in [-0.15, -0.1) is 0 Å². The number of anilines is 1. The largest absolute Gasteiger partial charge is 0.371 e. The van der Waals surface area contributed by atoms with Crippen molar-refractivity contribution in [2.75, 3.05) is 18.0 Å². The zero-order valence-corrected chi connectivity index (χ0v) is 10.4. The van der Waals surface area contributed by atoms with E-state index >= 15 is 0 Å². The third-order valence-electron chi connectivity index (χ3n) is 2.92. The van der Waals surface area contributed by atoms with Gasteiger partial charge in [-0.2, -0.15) is 0 Å².